The van der Waals surface area contributed by atoms with Crippen molar-refractivity contribution in [2.24, 2.45) is 10.9 Å². The van der Waals surface area contributed by atoms with Gasteiger partial charge in [-0.2, -0.15) is 0 Å². The highest BCUT2D eigenvalue weighted by Crippen LogP contribution is 2.32. The number of nitrogens with one attached hydrogen (secondary N) is 2. The molecule has 0 saturated carbocycles. The molecule has 0 aliphatic carbocycles. The van der Waals surface area contributed by atoms with E-state index in [1.54, 1.807) is 7.11 Å². The van der Waals surface area contributed by atoms with E-state index < -0.39 is 0 Å². The summed E-state index contributed by atoms with van der Waals surface area (Å²) in [6.45, 7) is 3.87. The van der Waals surface area contributed by atoms with Gasteiger partial charge < -0.3 is 15.4 Å². The summed E-state index contributed by atoms with van der Waals surface area (Å²) in [6.07, 6.45) is 10.6. The van der Waals surface area contributed by atoms with E-state index >= 15 is 0 Å². The van der Waals surface area contributed by atoms with E-state index in [0.29, 0.717) is 5.92 Å². The summed E-state index contributed by atoms with van der Waals surface area (Å²) in [4.78, 5) is 7.80. The normalized spacial score (nSPS) is 21.1. The van der Waals surface area contributed by atoms with E-state index in [9.17, 15) is 0 Å². The summed E-state index contributed by atoms with van der Waals surface area (Å²) >= 11 is 6.19. The number of methoxy groups -OCH3 is 1. The van der Waals surface area contributed by atoms with Gasteiger partial charge in [-0.05, 0) is 79.2 Å². The summed E-state index contributed by atoms with van der Waals surface area (Å²) in [5.74, 6) is 1.28. The van der Waals surface area contributed by atoms with Gasteiger partial charge in [0, 0.05) is 35.8 Å². The Bertz CT molecular complexity index is 1140. The van der Waals surface area contributed by atoms with Crippen LogP contribution in [-0.4, -0.2) is 43.5 Å². The summed E-state index contributed by atoms with van der Waals surface area (Å²) in [6, 6.07) is 16.5. The molecule has 2 aromatic carbocycles. The molecule has 5 nitrogen and oxygen atoms in total. The molecule has 1 fully saturated rings. The fourth-order valence-corrected chi connectivity index (χ4v) is 5.14. The third-order valence-electron chi connectivity index (χ3n) is 6.74. The zero-order valence-corrected chi connectivity index (χ0v) is 20.3. The van der Waals surface area contributed by atoms with Gasteiger partial charge in [0.2, 0.25) is 0 Å². The molecule has 0 bridgehead atoms. The van der Waals surface area contributed by atoms with Gasteiger partial charge in [0.1, 0.15) is 11.9 Å². The Morgan fingerprint density at radius 3 is 2.74 bits per heavy atom. The molecule has 2 N–H and O–H groups in total. The van der Waals surface area contributed by atoms with Gasteiger partial charge in [-0.25, -0.2) is 0 Å². The minimum atomic E-state index is -0.0489. The first-order valence-corrected chi connectivity index (χ1v) is 12.3. The SMILES string of the molecule is COc1cccc(C2=CNC(C3=CCNC=C3)N=C2C2CCN(Cc3cccc(Cl)c3)CC2)c1. The van der Waals surface area contributed by atoms with E-state index in [4.69, 9.17) is 21.3 Å². The number of hydrogen-bond acceptors (Lipinski definition) is 5. The fourth-order valence-electron chi connectivity index (χ4n) is 4.93. The number of aliphatic imine (C=N–C) groups is 1. The van der Waals surface area contributed by atoms with Crippen LogP contribution in [0.2, 0.25) is 5.02 Å². The predicted molar refractivity (Wildman–Crippen MR) is 140 cm³/mol. The highest BCUT2D eigenvalue weighted by atomic mass is 35.5. The first-order chi connectivity index (χ1) is 16.7. The van der Waals surface area contributed by atoms with Crippen LogP contribution in [0, 0.1) is 5.92 Å². The Labute approximate surface area is 206 Å². The van der Waals surface area contributed by atoms with Gasteiger partial charge in [-0.3, -0.25) is 9.89 Å². The summed E-state index contributed by atoms with van der Waals surface area (Å²) < 4.78 is 5.49. The van der Waals surface area contributed by atoms with Crippen molar-refractivity contribution in [1.82, 2.24) is 15.5 Å². The number of hydrogen-bond donors (Lipinski definition) is 2. The fraction of sp³-hybridized carbons (Fsp3) is 0.321. The highest BCUT2D eigenvalue weighted by Gasteiger charge is 2.30. The van der Waals surface area contributed by atoms with Crippen molar-refractivity contribution in [2.45, 2.75) is 25.6 Å². The van der Waals surface area contributed by atoms with E-state index in [1.165, 1.54) is 22.4 Å². The maximum Gasteiger partial charge on any atom is 0.144 e. The maximum atomic E-state index is 6.19. The second kappa shape index (κ2) is 10.5. The molecule has 176 valence electrons. The number of piperidine rings is 1. The van der Waals surface area contributed by atoms with Crippen molar-refractivity contribution in [3.63, 3.8) is 0 Å². The molecule has 1 saturated heterocycles. The quantitative estimate of drug-likeness (QED) is 0.617. The number of halogens is 1. The molecule has 0 amide bonds. The zero-order valence-electron chi connectivity index (χ0n) is 19.5. The second-order valence-corrected chi connectivity index (χ2v) is 9.44. The third-order valence-corrected chi connectivity index (χ3v) is 6.98. The van der Waals surface area contributed by atoms with Gasteiger partial charge >= 0.3 is 0 Å². The molecular weight excluding hydrogens is 444 g/mol. The standard InChI is InChI=1S/C28H31ClN4O/c1-34-25-7-3-5-23(17-25)26-18-31-28(22-8-12-30-13-9-22)32-27(26)21-10-14-33(15-11-21)19-20-4-2-6-24(29)16-20/h2-9,12,16-18,21,28,30-31H,10-11,13-15,19H2,1H3. The predicted octanol–water partition coefficient (Wildman–Crippen LogP) is 5.02. The number of nitrogens with zero attached hydrogens (tertiary/aromatic N) is 2. The molecule has 1 unspecified atom stereocenters. The highest BCUT2D eigenvalue weighted by molar-refractivity contribution is 6.30. The maximum absolute atomic E-state index is 6.19. The largest absolute Gasteiger partial charge is 0.497 e. The lowest BCUT2D eigenvalue weighted by Gasteiger charge is -2.35. The molecule has 1 atom stereocenters. The van der Waals surface area contributed by atoms with Gasteiger partial charge in [-0.15, -0.1) is 0 Å². The Morgan fingerprint density at radius 1 is 1.12 bits per heavy atom. The molecule has 3 heterocycles. The van der Waals surface area contributed by atoms with Crippen molar-refractivity contribution >= 4 is 22.9 Å². The Hall–Kier alpha value is -3.02. The van der Waals surface area contributed by atoms with Crippen LogP contribution < -0.4 is 15.4 Å². The Balaban J connectivity index is 1.36. The van der Waals surface area contributed by atoms with Crippen molar-refractivity contribution in [3.05, 3.63) is 94.8 Å². The lowest BCUT2D eigenvalue weighted by atomic mass is 9.84. The lowest BCUT2D eigenvalue weighted by Crippen LogP contribution is -2.39. The minimum absolute atomic E-state index is 0.0489. The van der Waals surface area contributed by atoms with E-state index in [1.807, 2.05) is 30.5 Å². The van der Waals surface area contributed by atoms with Crippen LogP contribution in [0.3, 0.4) is 0 Å². The van der Waals surface area contributed by atoms with E-state index in [-0.39, 0.29) is 6.17 Å². The number of rotatable bonds is 6. The number of ether oxygens (including phenoxy) is 1. The van der Waals surface area contributed by atoms with Crippen molar-refractivity contribution in [3.8, 4) is 5.75 Å². The van der Waals surface area contributed by atoms with E-state index in [2.05, 4.69) is 58.2 Å². The second-order valence-electron chi connectivity index (χ2n) is 9.00. The van der Waals surface area contributed by atoms with Crippen LogP contribution in [-0.2, 0) is 6.54 Å². The smallest absolute Gasteiger partial charge is 0.144 e. The van der Waals surface area contributed by atoms with Gasteiger partial charge in [-0.1, -0.05) is 41.9 Å². The van der Waals surface area contributed by atoms with Crippen molar-refractivity contribution < 1.29 is 4.74 Å². The number of likely N-dealkylation sites (tertiary alicyclic amines) is 1. The number of dihydropyridines is 1. The van der Waals surface area contributed by atoms with Gasteiger partial charge in [0.05, 0.1) is 12.8 Å². The molecule has 34 heavy (non-hydrogen) atoms. The third kappa shape index (κ3) is 5.21. The molecule has 0 spiro atoms. The average Bonchev–Trinajstić information content (AvgIpc) is 2.89. The van der Waals surface area contributed by atoms with Crippen LogP contribution >= 0.6 is 11.6 Å². The molecule has 6 heteroatoms. The molecule has 3 aliphatic heterocycles. The average molecular weight is 475 g/mol. The first-order valence-electron chi connectivity index (χ1n) is 11.9. The van der Waals surface area contributed by atoms with Gasteiger partial charge in [0.25, 0.3) is 0 Å². The summed E-state index contributed by atoms with van der Waals surface area (Å²) in [5, 5.41) is 7.56. The molecule has 0 radical (unpaired) electrons. The first kappa shape index (κ1) is 22.8. The molecule has 2 aromatic rings. The number of benzene rings is 2. The van der Waals surface area contributed by atoms with Crippen LogP contribution in [0.1, 0.15) is 24.0 Å². The van der Waals surface area contributed by atoms with Gasteiger partial charge in [0.15, 0.2) is 0 Å². The Kier molecular flexibility index (Phi) is 7.02. The summed E-state index contributed by atoms with van der Waals surface area (Å²) in [7, 11) is 1.71. The summed E-state index contributed by atoms with van der Waals surface area (Å²) in [5.41, 5.74) is 5.98. The Morgan fingerprint density at radius 2 is 1.97 bits per heavy atom. The van der Waals surface area contributed by atoms with E-state index in [0.717, 1.165) is 55.4 Å². The van der Waals surface area contributed by atoms with Crippen LogP contribution in [0.4, 0.5) is 0 Å². The van der Waals surface area contributed by atoms with Crippen LogP contribution in [0.25, 0.3) is 5.57 Å². The number of allylic oxidation sites excluding steroid dienone is 1. The zero-order chi connectivity index (χ0) is 23.3. The van der Waals surface area contributed by atoms with Crippen LogP contribution in [0.15, 0.2) is 83.6 Å². The van der Waals surface area contributed by atoms with Crippen molar-refractivity contribution in [2.75, 3.05) is 26.7 Å². The van der Waals surface area contributed by atoms with Crippen LogP contribution in [0.5, 0.6) is 5.75 Å². The molecule has 5 rings (SSSR count). The lowest BCUT2D eigenvalue weighted by molar-refractivity contribution is 0.202. The van der Waals surface area contributed by atoms with Crippen molar-refractivity contribution in [1.29, 1.82) is 0 Å². The minimum Gasteiger partial charge on any atom is -0.497 e. The molecular formula is C28H31ClN4O. The topological polar surface area (TPSA) is 48.9 Å². The molecule has 3 aliphatic rings. The monoisotopic (exact) mass is 474 g/mol. The molecule has 0 aromatic heterocycles.